The predicted octanol–water partition coefficient (Wildman–Crippen LogP) is 6.94. The number of nitrogens with one attached hydrogen (secondary N) is 1. The molecule has 6 nitrogen and oxygen atoms in total. The summed E-state index contributed by atoms with van der Waals surface area (Å²) in [5, 5.41) is 3.10. The van der Waals surface area contributed by atoms with Crippen molar-refractivity contribution in [3.05, 3.63) is 107 Å². The number of nitrogens with two attached hydrogens (primary N) is 1. The minimum absolute atomic E-state index is 0.196. The molecule has 204 valence electrons. The number of pyridine rings is 1. The van der Waals surface area contributed by atoms with Gasteiger partial charge in [0, 0.05) is 52.3 Å². The Morgan fingerprint density at radius 2 is 1.70 bits per heavy atom. The van der Waals surface area contributed by atoms with Crippen molar-refractivity contribution in [2.75, 3.05) is 23.3 Å². The molecule has 0 bridgehead atoms. The van der Waals surface area contributed by atoms with Crippen LogP contribution >= 0.6 is 11.8 Å². The van der Waals surface area contributed by atoms with E-state index >= 15 is 0 Å². The number of piperidine rings is 1. The third-order valence-electron chi connectivity index (χ3n) is 7.19. The number of hydrogen-bond donors (Lipinski definition) is 2. The second kappa shape index (κ2) is 12.8. The number of carbonyl (C=O) groups excluding carboxylic acids is 2. The van der Waals surface area contributed by atoms with Gasteiger partial charge in [-0.05, 0) is 91.4 Å². The molecule has 3 aromatic carbocycles. The second-order valence-electron chi connectivity index (χ2n) is 10.0. The maximum Gasteiger partial charge on any atom is 0.255 e. The Balaban J connectivity index is 1.39. The molecule has 0 aliphatic carbocycles. The lowest BCUT2D eigenvalue weighted by atomic mass is 10.0. The number of aromatic nitrogens is 1. The quantitative estimate of drug-likeness (QED) is 0.220. The molecule has 1 aromatic heterocycles. The molecule has 0 spiro atoms. The molecule has 0 radical (unpaired) electrons. The topological polar surface area (TPSA) is 88.3 Å². The summed E-state index contributed by atoms with van der Waals surface area (Å²) in [5.41, 5.74) is 12.0. The molecule has 2 amide bonds. The first-order valence-corrected chi connectivity index (χ1v) is 14.8. The van der Waals surface area contributed by atoms with Crippen LogP contribution in [0.5, 0.6) is 0 Å². The van der Waals surface area contributed by atoms with Crippen LogP contribution in [0.3, 0.4) is 0 Å². The molecule has 0 saturated carbocycles. The number of primary amides is 1. The molecule has 7 heteroatoms. The van der Waals surface area contributed by atoms with Crippen LogP contribution in [0.15, 0.2) is 90.0 Å². The third-order valence-corrected chi connectivity index (χ3v) is 8.26. The van der Waals surface area contributed by atoms with Crippen LogP contribution in [0.4, 0.5) is 11.4 Å². The third kappa shape index (κ3) is 6.72. The predicted molar refractivity (Wildman–Crippen MR) is 164 cm³/mol. The molecule has 0 unspecified atom stereocenters. The lowest BCUT2D eigenvalue weighted by Crippen LogP contribution is -2.29. The number of amides is 2. The van der Waals surface area contributed by atoms with Gasteiger partial charge in [-0.15, -0.1) is 11.8 Å². The number of hydrogen-bond acceptors (Lipinski definition) is 5. The normalized spacial score (nSPS) is 13.2. The van der Waals surface area contributed by atoms with Crippen molar-refractivity contribution >= 4 is 35.0 Å². The Kier molecular flexibility index (Phi) is 8.81. The van der Waals surface area contributed by atoms with Crippen molar-refractivity contribution in [3.8, 4) is 11.3 Å². The highest BCUT2D eigenvalue weighted by molar-refractivity contribution is 7.98. The monoisotopic (exact) mass is 550 g/mol. The summed E-state index contributed by atoms with van der Waals surface area (Å²) < 4.78 is 0. The lowest BCUT2D eigenvalue weighted by Gasteiger charge is -2.29. The van der Waals surface area contributed by atoms with E-state index in [4.69, 9.17) is 5.73 Å². The Labute approximate surface area is 240 Å². The average Bonchev–Trinajstić information content (AvgIpc) is 3.01. The number of nitrogens with zero attached hydrogens (tertiary/aromatic N) is 2. The van der Waals surface area contributed by atoms with E-state index in [9.17, 15) is 9.59 Å². The van der Waals surface area contributed by atoms with Crippen LogP contribution in [0.1, 0.15) is 58.0 Å². The number of carbonyl (C=O) groups is 2. The molecule has 40 heavy (non-hydrogen) atoms. The van der Waals surface area contributed by atoms with Crippen LogP contribution in [0, 0.1) is 0 Å². The number of thioether (sulfide) groups is 1. The molecule has 1 fully saturated rings. The highest BCUT2D eigenvalue weighted by Crippen LogP contribution is 2.33. The van der Waals surface area contributed by atoms with Crippen molar-refractivity contribution in [1.29, 1.82) is 0 Å². The number of aryl methyl sites for hydroxylation is 1. The summed E-state index contributed by atoms with van der Waals surface area (Å²) in [6.07, 6.45) is 6.13. The fourth-order valence-corrected chi connectivity index (χ4v) is 5.87. The van der Waals surface area contributed by atoms with Crippen LogP contribution in [-0.4, -0.2) is 29.9 Å². The average molecular weight is 551 g/mol. The summed E-state index contributed by atoms with van der Waals surface area (Å²) in [5.74, 6) is 0.0591. The van der Waals surface area contributed by atoms with E-state index in [0.717, 1.165) is 54.9 Å². The molecule has 1 aliphatic heterocycles. The van der Waals surface area contributed by atoms with Crippen molar-refractivity contribution in [2.24, 2.45) is 5.73 Å². The molecule has 3 N–H and O–H groups in total. The Morgan fingerprint density at radius 1 is 0.900 bits per heavy atom. The van der Waals surface area contributed by atoms with Crippen molar-refractivity contribution in [2.45, 2.75) is 43.3 Å². The molecule has 1 saturated heterocycles. The van der Waals surface area contributed by atoms with Gasteiger partial charge >= 0.3 is 0 Å². The summed E-state index contributed by atoms with van der Waals surface area (Å²) in [4.78, 5) is 33.4. The van der Waals surface area contributed by atoms with E-state index < -0.39 is 5.91 Å². The van der Waals surface area contributed by atoms with Crippen LogP contribution in [0.25, 0.3) is 11.3 Å². The van der Waals surface area contributed by atoms with Gasteiger partial charge in [0.25, 0.3) is 5.91 Å². The molecular formula is C33H34N4O2S. The number of benzene rings is 3. The maximum atomic E-state index is 13.4. The van der Waals surface area contributed by atoms with E-state index in [1.54, 1.807) is 30.1 Å². The summed E-state index contributed by atoms with van der Waals surface area (Å²) in [6, 6.07) is 25.6. The molecule has 0 atom stereocenters. The minimum Gasteiger partial charge on any atom is -0.372 e. The largest absolute Gasteiger partial charge is 0.372 e. The number of anilines is 2. The standard InChI is InChI=1S/C33H34N4O2S/c1-2-23-8-7-11-28(19-23)40-22-24-9-6-10-26(18-24)33(39)36-30-13-12-27(37-16-4-3-5-17-37)21-29(30)31-20-25(32(34)38)14-15-35-31/h6-15,18-21H,2-5,16-17,22H2,1H3,(H2,34,38)(H,36,39). The maximum absolute atomic E-state index is 13.4. The van der Waals surface area contributed by atoms with Crippen molar-refractivity contribution in [3.63, 3.8) is 0 Å². The zero-order chi connectivity index (χ0) is 27.9. The first-order valence-electron chi connectivity index (χ1n) is 13.8. The summed E-state index contributed by atoms with van der Waals surface area (Å²) in [7, 11) is 0. The van der Waals surface area contributed by atoms with Crippen molar-refractivity contribution < 1.29 is 9.59 Å². The SMILES string of the molecule is CCc1cccc(SCc2cccc(C(=O)Nc3ccc(N4CCCCC4)cc3-c3cc(C(N)=O)ccn3)c2)c1. The Morgan fingerprint density at radius 3 is 2.50 bits per heavy atom. The lowest BCUT2D eigenvalue weighted by molar-refractivity contribution is 0.0997. The van der Waals surface area contributed by atoms with Gasteiger partial charge in [-0.1, -0.05) is 31.2 Å². The van der Waals surface area contributed by atoms with E-state index in [-0.39, 0.29) is 5.91 Å². The minimum atomic E-state index is -0.516. The molecule has 1 aliphatic rings. The fourth-order valence-electron chi connectivity index (χ4n) is 4.95. The smallest absolute Gasteiger partial charge is 0.255 e. The van der Waals surface area contributed by atoms with Gasteiger partial charge in [-0.3, -0.25) is 14.6 Å². The van der Waals surface area contributed by atoms with E-state index in [1.807, 2.05) is 42.5 Å². The zero-order valence-electron chi connectivity index (χ0n) is 22.7. The second-order valence-corrected chi connectivity index (χ2v) is 11.1. The fraction of sp³-hybridized carbons (Fsp3) is 0.242. The molecular weight excluding hydrogens is 516 g/mol. The van der Waals surface area contributed by atoms with E-state index in [2.05, 4.69) is 46.4 Å². The number of rotatable bonds is 9. The van der Waals surface area contributed by atoms with Gasteiger partial charge in [0.2, 0.25) is 5.91 Å². The molecule has 2 heterocycles. The van der Waals surface area contributed by atoms with Gasteiger partial charge in [0.15, 0.2) is 0 Å². The van der Waals surface area contributed by atoms with Crippen molar-refractivity contribution in [1.82, 2.24) is 4.98 Å². The van der Waals surface area contributed by atoms with Crippen LogP contribution in [0.2, 0.25) is 0 Å². The molecule has 5 rings (SSSR count). The van der Waals surface area contributed by atoms with E-state index in [1.165, 1.54) is 16.9 Å². The highest BCUT2D eigenvalue weighted by Gasteiger charge is 2.17. The van der Waals surface area contributed by atoms with Gasteiger partial charge in [0.05, 0.1) is 11.4 Å². The summed E-state index contributed by atoms with van der Waals surface area (Å²) >= 11 is 1.76. The van der Waals surface area contributed by atoms with Crippen LogP contribution < -0.4 is 16.0 Å². The van der Waals surface area contributed by atoms with Gasteiger partial charge in [-0.25, -0.2) is 0 Å². The molecule has 4 aromatic rings. The summed E-state index contributed by atoms with van der Waals surface area (Å²) in [6.45, 7) is 4.14. The first-order chi connectivity index (χ1) is 19.5. The van der Waals surface area contributed by atoms with Gasteiger partial charge in [-0.2, -0.15) is 0 Å². The Bertz CT molecular complexity index is 1510. The Hall–Kier alpha value is -4.10. The van der Waals surface area contributed by atoms with Crippen LogP contribution in [-0.2, 0) is 12.2 Å². The highest BCUT2D eigenvalue weighted by atomic mass is 32.2. The van der Waals surface area contributed by atoms with E-state index in [0.29, 0.717) is 22.5 Å². The zero-order valence-corrected chi connectivity index (χ0v) is 23.5. The van der Waals surface area contributed by atoms with Gasteiger partial charge < -0.3 is 16.0 Å². The first kappa shape index (κ1) is 27.5. The van der Waals surface area contributed by atoms with Gasteiger partial charge in [0.1, 0.15) is 0 Å².